The largest absolute Gasteiger partial charge is 0.467 e. The van der Waals surface area contributed by atoms with Crippen LogP contribution in [0.15, 0.2) is 70.2 Å². The SMILES string of the molecule is Cc1ccc(C)c(S(=O)(=O)Nc2ccc(C(=O)NCC(=O)NCc3ccco3)cc2)c1. The predicted octanol–water partition coefficient (Wildman–Crippen LogP) is 2.74. The van der Waals surface area contributed by atoms with Gasteiger partial charge in [-0.3, -0.25) is 14.3 Å². The Kier molecular flexibility index (Phi) is 6.76. The lowest BCUT2D eigenvalue weighted by atomic mass is 10.2. The van der Waals surface area contributed by atoms with E-state index in [9.17, 15) is 18.0 Å². The number of nitrogens with one attached hydrogen (secondary N) is 3. The average molecular weight is 442 g/mol. The Balaban J connectivity index is 1.56. The van der Waals surface area contributed by atoms with Crippen LogP contribution in [-0.4, -0.2) is 26.8 Å². The first-order valence-corrected chi connectivity index (χ1v) is 11.0. The van der Waals surface area contributed by atoms with E-state index in [1.165, 1.54) is 30.5 Å². The third-order valence-electron chi connectivity index (χ3n) is 4.48. The summed E-state index contributed by atoms with van der Waals surface area (Å²) < 4.78 is 33.0. The zero-order valence-electron chi connectivity index (χ0n) is 17.1. The van der Waals surface area contributed by atoms with Gasteiger partial charge in [-0.15, -0.1) is 0 Å². The maximum absolute atomic E-state index is 12.7. The minimum Gasteiger partial charge on any atom is -0.467 e. The number of rotatable bonds is 8. The first-order chi connectivity index (χ1) is 14.7. The van der Waals surface area contributed by atoms with Crippen LogP contribution in [0, 0.1) is 13.8 Å². The molecule has 0 spiro atoms. The van der Waals surface area contributed by atoms with Crippen molar-refractivity contribution in [2.75, 3.05) is 11.3 Å². The number of aryl methyl sites for hydroxylation is 2. The van der Waals surface area contributed by atoms with Gasteiger partial charge in [-0.2, -0.15) is 0 Å². The molecule has 31 heavy (non-hydrogen) atoms. The summed E-state index contributed by atoms with van der Waals surface area (Å²) in [5, 5.41) is 5.14. The Morgan fingerprint density at radius 1 is 0.968 bits per heavy atom. The fourth-order valence-electron chi connectivity index (χ4n) is 2.82. The van der Waals surface area contributed by atoms with Gasteiger partial charge in [0.25, 0.3) is 15.9 Å². The Hall–Kier alpha value is -3.59. The molecule has 1 aromatic heterocycles. The number of anilines is 1. The van der Waals surface area contributed by atoms with Crippen LogP contribution >= 0.6 is 0 Å². The second kappa shape index (κ2) is 9.48. The van der Waals surface area contributed by atoms with Gasteiger partial charge in [0.1, 0.15) is 5.76 Å². The number of benzene rings is 2. The number of furan rings is 1. The molecule has 0 radical (unpaired) electrons. The van der Waals surface area contributed by atoms with Crippen LogP contribution in [0.5, 0.6) is 0 Å². The molecule has 0 aliphatic carbocycles. The van der Waals surface area contributed by atoms with Gasteiger partial charge in [0, 0.05) is 11.3 Å². The topological polar surface area (TPSA) is 118 Å². The number of hydrogen-bond donors (Lipinski definition) is 3. The van der Waals surface area contributed by atoms with Gasteiger partial charge in [-0.1, -0.05) is 12.1 Å². The van der Waals surface area contributed by atoms with E-state index in [4.69, 9.17) is 4.42 Å². The van der Waals surface area contributed by atoms with Gasteiger partial charge < -0.3 is 15.1 Å². The minimum atomic E-state index is -3.76. The Bertz CT molecular complexity index is 1170. The van der Waals surface area contributed by atoms with Gasteiger partial charge in [0.05, 0.1) is 24.2 Å². The summed E-state index contributed by atoms with van der Waals surface area (Å²) in [6.45, 7) is 3.59. The van der Waals surface area contributed by atoms with E-state index >= 15 is 0 Å². The van der Waals surface area contributed by atoms with E-state index in [1.54, 1.807) is 31.2 Å². The van der Waals surface area contributed by atoms with Gasteiger partial charge in [-0.05, 0) is 67.4 Å². The lowest BCUT2D eigenvalue weighted by Crippen LogP contribution is -2.36. The summed E-state index contributed by atoms with van der Waals surface area (Å²) in [6, 6.07) is 14.6. The Labute approximate surface area is 180 Å². The van der Waals surface area contributed by atoms with Crippen LogP contribution in [0.4, 0.5) is 5.69 Å². The highest BCUT2D eigenvalue weighted by atomic mass is 32.2. The van der Waals surface area contributed by atoms with Crippen molar-refractivity contribution in [2.45, 2.75) is 25.3 Å². The minimum absolute atomic E-state index is 0.194. The van der Waals surface area contributed by atoms with E-state index in [-0.39, 0.29) is 23.9 Å². The Morgan fingerprint density at radius 3 is 2.39 bits per heavy atom. The maximum atomic E-state index is 12.7. The summed E-state index contributed by atoms with van der Waals surface area (Å²) in [5.74, 6) is -0.196. The Morgan fingerprint density at radius 2 is 1.71 bits per heavy atom. The summed E-state index contributed by atoms with van der Waals surface area (Å²) >= 11 is 0. The monoisotopic (exact) mass is 441 g/mol. The van der Waals surface area contributed by atoms with E-state index < -0.39 is 15.9 Å². The van der Waals surface area contributed by atoms with E-state index in [0.717, 1.165) is 5.56 Å². The van der Waals surface area contributed by atoms with E-state index in [1.807, 2.05) is 13.0 Å². The number of hydrogen-bond acceptors (Lipinski definition) is 5. The molecule has 1 heterocycles. The first-order valence-electron chi connectivity index (χ1n) is 9.52. The van der Waals surface area contributed by atoms with Crippen molar-refractivity contribution in [3.63, 3.8) is 0 Å². The van der Waals surface area contributed by atoms with Crippen molar-refractivity contribution in [1.29, 1.82) is 0 Å². The molecule has 0 saturated carbocycles. The normalized spacial score (nSPS) is 11.0. The number of amides is 2. The molecule has 3 N–H and O–H groups in total. The van der Waals surface area contributed by atoms with E-state index in [0.29, 0.717) is 22.6 Å². The van der Waals surface area contributed by atoms with Crippen LogP contribution < -0.4 is 15.4 Å². The van der Waals surface area contributed by atoms with Gasteiger partial charge in [0.15, 0.2) is 0 Å². The average Bonchev–Trinajstić information content (AvgIpc) is 3.26. The highest BCUT2D eigenvalue weighted by Gasteiger charge is 2.17. The van der Waals surface area contributed by atoms with Crippen molar-refractivity contribution >= 4 is 27.5 Å². The fourth-order valence-corrected chi connectivity index (χ4v) is 4.21. The molecule has 0 saturated heterocycles. The lowest BCUT2D eigenvalue weighted by molar-refractivity contribution is -0.120. The number of sulfonamides is 1. The quantitative estimate of drug-likeness (QED) is 0.497. The van der Waals surface area contributed by atoms with Crippen LogP contribution in [0.2, 0.25) is 0 Å². The van der Waals surface area contributed by atoms with Crippen molar-refractivity contribution in [1.82, 2.24) is 10.6 Å². The van der Waals surface area contributed by atoms with Crippen LogP contribution in [0.1, 0.15) is 27.2 Å². The molecule has 0 aliphatic heterocycles. The molecular weight excluding hydrogens is 418 g/mol. The molecule has 0 bridgehead atoms. The molecule has 0 unspecified atom stereocenters. The second-order valence-corrected chi connectivity index (χ2v) is 8.64. The van der Waals surface area contributed by atoms with E-state index in [2.05, 4.69) is 15.4 Å². The third-order valence-corrected chi connectivity index (χ3v) is 6.01. The molecule has 2 aromatic carbocycles. The molecule has 3 aromatic rings. The highest BCUT2D eigenvalue weighted by Crippen LogP contribution is 2.21. The fraction of sp³-hybridized carbons (Fsp3) is 0.182. The van der Waals surface area contributed by atoms with Crippen molar-refractivity contribution in [3.05, 3.63) is 83.3 Å². The zero-order chi connectivity index (χ0) is 22.4. The maximum Gasteiger partial charge on any atom is 0.262 e. The molecule has 162 valence electrons. The standard InChI is InChI=1S/C22H23N3O5S/c1-15-5-6-16(2)20(12-15)31(28,29)25-18-9-7-17(8-10-18)22(27)24-14-21(26)23-13-19-4-3-11-30-19/h3-12,25H,13-14H2,1-2H3,(H,23,26)(H,24,27). The summed E-state index contributed by atoms with van der Waals surface area (Å²) in [6.07, 6.45) is 1.51. The van der Waals surface area contributed by atoms with Crippen LogP contribution in [-0.2, 0) is 21.4 Å². The molecule has 0 aliphatic rings. The lowest BCUT2D eigenvalue weighted by Gasteiger charge is -2.12. The molecule has 9 heteroatoms. The molecular formula is C22H23N3O5S. The third kappa shape index (κ3) is 5.95. The summed E-state index contributed by atoms with van der Waals surface area (Å²) in [5.41, 5.74) is 2.10. The van der Waals surface area contributed by atoms with Crippen molar-refractivity contribution in [3.8, 4) is 0 Å². The van der Waals surface area contributed by atoms with Gasteiger partial charge in [0.2, 0.25) is 5.91 Å². The molecule has 8 nitrogen and oxygen atoms in total. The second-order valence-electron chi connectivity index (χ2n) is 6.99. The van der Waals surface area contributed by atoms with Crippen LogP contribution in [0.3, 0.4) is 0 Å². The van der Waals surface area contributed by atoms with Crippen molar-refractivity contribution in [2.24, 2.45) is 0 Å². The zero-order valence-corrected chi connectivity index (χ0v) is 18.0. The summed E-state index contributed by atoms with van der Waals surface area (Å²) in [4.78, 5) is 24.3. The molecule has 0 fully saturated rings. The summed E-state index contributed by atoms with van der Waals surface area (Å²) in [7, 11) is -3.76. The number of carbonyl (C=O) groups excluding carboxylic acids is 2. The van der Waals surface area contributed by atoms with Crippen LogP contribution in [0.25, 0.3) is 0 Å². The van der Waals surface area contributed by atoms with Gasteiger partial charge in [-0.25, -0.2) is 8.42 Å². The first kappa shape index (κ1) is 22.1. The molecule has 2 amide bonds. The van der Waals surface area contributed by atoms with Crippen molar-refractivity contribution < 1.29 is 22.4 Å². The van der Waals surface area contributed by atoms with Gasteiger partial charge >= 0.3 is 0 Å². The number of carbonyl (C=O) groups is 2. The molecule has 3 rings (SSSR count). The predicted molar refractivity (Wildman–Crippen MR) is 116 cm³/mol. The smallest absolute Gasteiger partial charge is 0.262 e. The highest BCUT2D eigenvalue weighted by molar-refractivity contribution is 7.92. The molecule has 0 atom stereocenters.